The highest BCUT2D eigenvalue weighted by atomic mass is 32.2. The van der Waals surface area contributed by atoms with E-state index in [4.69, 9.17) is 9.47 Å². The van der Waals surface area contributed by atoms with Crippen LogP contribution >= 0.6 is 11.8 Å². The SMILES string of the molecule is CC(C)(C)OC(=O)N[C@@H](CS[C@@H]1CC(=O)C(C)(C)[C@H]1OC(=O)C(C)(C)C)C(=O)O. The Morgan fingerprint density at radius 1 is 1.21 bits per heavy atom. The lowest BCUT2D eigenvalue weighted by Gasteiger charge is -2.31. The second-order valence-corrected chi connectivity index (χ2v) is 11.1. The molecule has 1 rings (SSSR count). The maximum absolute atomic E-state index is 12.5. The zero-order valence-electron chi connectivity index (χ0n) is 18.5. The number of hydrogen-bond donors (Lipinski definition) is 2. The zero-order chi connectivity index (χ0) is 22.8. The highest BCUT2D eigenvalue weighted by Gasteiger charge is 2.52. The van der Waals surface area contributed by atoms with Gasteiger partial charge in [-0.3, -0.25) is 9.59 Å². The van der Waals surface area contributed by atoms with Crippen molar-refractivity contribution in [3.05, 3.63) is 0 Å². The van der Waals surface area contributed by atoms with Crippen molar-refractivity contribution in [2.24, 2.45) is 10.8 Å². The van der Waals surface area contributed by atoms with Gasteiger partial charge in [0.05, 0.1) is 10.8 Å². The Kier molecular flexibility index (Phi) is 7.78. The smallest absolute Gasteiger partial charge is 0.408 e. The first-order valence-electron chi connectivity index (χ1n) is 9.53. The number of hydrogen-bond acceptors (Lipinski definition) is 7. The van der Waals surface area contributed by atoms with Crippen molar-refractivity contribution in [3.8, 4) is 0 Å². The molecule has 166 valence electrons. The number of amides is 1. The summed E-state index contributed by atoms with van der Waals surface area (Å²) in [4.78, 5) is 48.3. The Bertz CT molecular complexity index is 661. The molecule has 0 aromatic rings. The molecule has 1 fully saturated rings. The standard InChI is InChI=1S/C20H33NO7S/c1-18(2,3)16(25)27-14-12(9-13(22)20(14,7)8)29-10-11(15(23)24)21-17(26)28-19(4,5)6/h11-12,14H,9-10H2,1-8H3,(H,21,26)(H,23,24)/t11-,12+,14-/m0/s1. The summed E-state index contributed by atoms with van der Waals surface area (Å²) in [6.07, 6.45) is -1.34. The third-order valence-corrected chi connectivity index (χ3v) is 5.83. The van der Waals surface area contributed by atoms with Crippen molar-refractivity contribution in [1.29, 1.82) is 0 Å². The molecule has 9 heteroatoms. The van der Waals surface area contributed by atoms with Crippen LogP contribution in [0.4, 0.5) is 4.79 Å². The van der Waals surface area contributed by atoms with Crippen LogP contribution in [-0.2, 0) is 23.9 Å². The van der Waals surface area contributed by atoms with Crippen LogP contribution in [0.2, 0.25) is 0 Å². The molecule has 1 amide bonds. The highest BCUT2D eigenvalue weighted by Crippen LogP contribution is 2.43. The molecule has 1 aliphatic carbocycles. The van der Waals surface area contributed by atoms with Crippen molar-refractivity contribution in [1.82, 2.24) is 5.32 Å². The Hall–Kier alpha value is -1.77. The number of Topliss-reactive ketones (excluding diaryl/α,β-unsaturated/α-hetero) is 1. The van der Waals surface area contributed by atoms with Gasteiger partial charge in [0.2, 0.25) is 0 Å². The van der Waals surface area contributed by atoms with Gasteiger partial charge in [0.15, 0.2) is 0 Å². The Labute approximate surface area is 176 Å². The number of ketones is 1. The maximum Gasteiger partial charge on any atom is 0.408 e. The molecule has 0 aliphatic heterocycles. The second-order valence-electron chi connectivity index (χ2n) is 9.83. The maximum atomic E-state index is 12.5. The molecule has 1 aliphatic rings. The minimum atomic E-state index is -1.21. The van der Waals surface area contributed by atoms with Gasteiger partial charge in [-0.15, -0.1) is 0 Å². The summed E-state index contributed by atoms with van der Waals surface area (Å²) in [6.45, 7) is 13.7. The van der Waals surface area contributed by atoms with E-state index in [1.54, 1.807) is 55.4 Å². The lowest BCUT2D eigenvalue weighted by molar-refractivity contribution is -0.163. The number of aliphatic carboxylic acids is 1. The van der Waals surface area contributed by atoms with E-state index in [9.17, 15) is 24.3 Å². The quantitative estimate of drug-likeness (QED) is 0.616. The monoisotopic (exact) mass is 431 g/mol. The number of alkyl carbamates (subject to hydrolysis) is 1. The van der Waals surface area contributed by atoms with Crippen molar-refractivity contribution in [2.45, 2.75) is 84.8 Å². The van der Waals surface area contributed by atoms with Crippen molar-refractivity contribution >= 4 is 35.6 Å². The summed E-state index contributed by atoms with van der Waals surface area (Å²) in [5.74, 6) is -1.67. The Morgan fingerprint density at radius 2 is 1.76 bits per heavy atom. The molecule has 2 N–H and O–H groups in total. The first-order chi connectivity index (χ1) is 12.9. The molecule has 0 bridgehead atoms. The fraction of sp³-hybridized carbons (Fsp3) is 0.800. The molecule has 0 spiro atoms. The number of ether oxygens (including phenoxy) is 2. The summed E-state index contributed by atoms with van der Waals surface area (Å²) < 4.78 is 10.8. The molecular formula is C20H33NO7S. The minimum absolute atomic E-state index is 0.00612. The molecule has 0 saturated heterocycles. The van der Waals surface area contributed by atoms with Gasteiger partial charge in [0, 0.05) is 17.4 Å². The molecule has 0 radical (unpaired) electrons. The largest absolute Gasteiger partial charge is 0.480 e. The fourth-order valence-electron chi connectivity index (χ4n) is 2.68. The van der Waals surface area contributed by atoms with Crippen LogP contribution in [0.5, 0.6) is 0 Å². The number of esters is 1. The van der Waals surface area contributed by atoms with Gasteiger partial charge in [-0.2, -0.15) is 11.8 Å². The van der Waals surface area contributed by atoms with Gasteiger partial charge in [-0.05, 0) is 55.4 Å². The Balaban J connectivity index is 2.86. The van der Waals surface area contributed by atoms with E-state index in [0.29, 0.717) is 0 Å². The normalized spacial score (nSPS) is 22.7. The molecule has 0 unspecified atom stereocenters. The number of rotatable bonds is 6. The van der Waals surface area contributed by atoms with E-state index in [0.717, 1.165) is 0 Å². The lowest BCUT2D eigenvalue weighted by atomic mass is 9.87. The van der Waals surface area contributed by atoms with E-state index in [1.165, 1.54) is 11.8 Å². The number of carbonyl (C=O) groups excluding carboxylic acids is 3. The van der Waals surface area contributed by atoms with E-state index >= 15 is 0 Å². The third-order valence-electron chi connectivity index (χ3n) is 4.47. The summed E-state index contributed by atoms with van der Waals surface area (Å²) >= 11 is 1.20. The lowest BCUT2D eigenvalue weighted by Crippen LogP contribution is -2.46. The molecule has 1 saturated carbocycles. The Morgan fingerprint density at radius 3 is 2.21 bits per heavy atom. The van der Waals surface area contributed by atoms with Gasteiger partial charge in [-0.1, -0.05) is 0 Å². The molecule has 0 aromatic heterocycles. The molecule has 0 aromatic carbocycles. The van der Waals surface area contributed by atoms with Gasteiger partial charge in [0.25, 0.3) is 0 Å². The average molecular weight is 432 g/mol. The fourth-order valence-corrected chi connectivity index (χ4v) is 4.19. The van der Waals surface area contributed by atoms with Crippen molar-refractivity contribution in [2.75, 3.05) is 5.75 Å². The topological polar surface area (TPSA) is 119 Å². The van der Waals surface area contributed by atoms with Crippen LogP contribution in [0.25, 0.3) is 0 Å². The van der Waals surface area contributed by atoms with E-state index in [-0.39, 0.29) is 18.0 Å². The second kappa shape index (κ2) is 8.93. The highest BCUT2D eigenvalue weighted by molar-refractivity contribution is 8.00. The molecule has 0 heterocycles. The van der Waals surface area contributed by atoms with Crippen LogP contribution in [0.15, 0.2) is 0 Å². The summed E-state index contributed by atoms with van der Waals surface area (Å²) in [7, 11) is 0. The van der Waals surface area contributed by atoms with E-state index in [2.05, 4.69) is 5.32 Å². The first kappa shape index (κ1) is 25.3. The predicted octanol–water partition coefficient (Wildman–Crippen LogP) is 3.02. The van der Waals surface area contributed by atoms with Crippen LogP contribution in [0, 0.1) is 10.8 Å². The van der Waals surface area contributed by atoms with Gasteiger partial charge in [0.1, 0.15) is 23.5 Å². The first-order valence-corrected chi connectivity index (χ1v) is 10.6. The zero-order valence-corrected chi connectivity index (χ0v) is 19.3. The van der Waals surface area contributed by atoms with E-state index in [1.807, 2.05) is 0 Å². The minimum Gasteiger partial charge on any atom is -0.480 e. The third kappa shape index (κ3) is 7.21. The van der Waals surface area contributed by atoms with Crippen molar-refractivity contribution in [3.63, 3.8) is 0 Å². The van der Waals surface area contributed by atoms with Crippen LogP contribution in [0.3, 0.4) is 0 Å². The molecular weight excluding hydrogens is 398 g/mol. The summed E-state index contributed by atoms with van der Waals surface area (Å²) in [5, 5.41) is 11.4. The average Bonchev–Trinajstić information content (AvgIpc) is 2.71. The summed E-state index contributed by atoms with van der Waals surface area (Å²) in [6, 6.07) is -1.20. The number of nitrogens with one attached hydrogen (secondary N) is 1. The summed E-state index contributed by atoms with van der Waals surface area (Å²) in [5.41, 5.74) is -2.34. The van der Waals surface area contributed by atoms with Gasteiger partial charge in [-0.25, -0.2) is 9.59 Å². The molecule has 29 heavy (non-hydrogen) atoms. The van der Waals surface area contributed by atoms with Gasteiger partial charge < -0.3 is 19.9 Å². The molecule has 3 atom stereocenters. The number of carboxylic acid groups (broad SMARTS) is 1. The molecule has 8 nitrogen and oxygen atoms in total. The number of carboxylic acids is 1. The van der Waals surface area contributed by atoms with Crippen LogP contribution < -0.4 is 5.32 Å². The van der Waals surface area contributed by atoms with Crippen LogP contribution in [-0.4, -0.2) is 57.7 Å². The number of thioether (sulfide) groups is 1. The van der Waals surface area contributed by atoms with Crippen LogP contribution in [0.1, 0.15) is 61.8 Å². The number of carbonyl (C=O) groups is 4. The predicted molar refractivity (Wildman–Crippen MR) is 110 cm³/mol. The van der Waals surface area contributed by atoms with Crippen molar-refractivity contribution < 1.29 is 33.8 Å². The van der Waals surface area contributed by atoms with Gasteiger partial charge >= 0.3 is 18.0 Å². The van der Waals surface area contributed by atoms with E-state index < -0.39 is 51.9 Å².